The normalized spacial score (nSPS) is 10.5. The molecule has 1 aromatic rings. The number of nitrogens with zero attached hydrogens (tertiary/aromatic N) is 1. The second-order valence-corrected chi connectivity index (χ2v) is 3.22. The molecule has 0 aliphatic heterocycles. The first kappa shape index (κ1) is 10.3. The Kier molecular flexibility index (Phi) is 3.12. The first-order valence-electron chi connectivity index (χ1n) is 3.19. The van der Waals surface area contributed by atoms with Gasteiger partial charge in [-0.2, -0.15) is 0 Å². The lowest BCUT2D eigenvalue weighted by atomic mass is 10.2. The fraction of sp³-hybridized carbons (Fsp3) is 0.143. The summed E-state index contributed by atoms with van der Waals surface area (Å²) >= 11 is 1.58. The van der Waals surface area contributed by atoms with E-state index in [0.29, 0.717) is 6.29 Å². The van der Waals surface area contributed by atoms with Gasteiger partial charge in [0.25, 0.3) is 6.43 Å². The zero-order chi connectivity index (χ0) is 10.0. The molecule has 0 aromatic carbocycles. The summed E-state index contributed by atoms with van der Waals surface area (Å²) < 4.78 is 24.4. The SMILES string of the molecule is O=Cc1cc(C(F)F)c(O)c(I)n1. The lowest BCUT2D eigenvalue weighted by Crippen LogP contribution is -1.96. The number of aromatic hydroxyl groups is 1. The van der Waals surface area contributed by atoms with Crippen molar-refractivity contribution in [1.29, 1.82) is 0 Å². The minimum absolute atomic E-state index is 0.00231. The number of pyridine rings is 1. The summed E-state index contributed by atoms with van der Waals surface area (Å²) in [4.78, 5) is 13.8. The Labute approximate surface area is 85.9 Å². The highest BCUT2D eigenvalue weighted by molar-refractivity contribution is 14.1. The monoisotopic (exact) mass is 299 g/mol. The topological polar surface area (TPSA) is 50.2 Å². The van der Waals surface area contributed by atoms with E-state index < -0.39 is 17.7 Å². The molecule has 1 N–H and O–H groups in total. The number of rotatable bonds is 2. The zero-order valence-electron chi connectivity index (χ0n) is 6.17. The second-order valence-electron chi connectivity index (χ2n) is 2.19. The molecular formula is C7H4F2INO2. The van der Waals surface area contributed by atoms with E-state index in [-0.39, 0.29) is 9.39 Å². The fourth-order valence-corrected chi connectivity index (χ4v) is 1.36. The van der Waals surface area contributed by atoms with E-state index in [1.807, 2.05) is 0 Å². The van der Waals surface area contributed by atoms with Crippen LogP contribution in [0, 0.1) is 3.70 Å². The van der Waals surface area contributed by atoms with Gasteiger partial charge in [0.1, 0.15) is 9.39 Å². The molecule has 13 heavy (non-hydrogen) atoms. The molecule has 0 unspecified atom stereocenters. The van der Waals surface area contributed by atoms with Crippen LogP contribution in [0.1, 0.15) is 22.5 Å². The quantitative estimate of drug-likeness (QED) is 0.517. The van der Waals surface area contributed by atoms with Crippen molar-refractivity contribution in [2.45, 2.75) is 6.43 Å². The van der Waals surface area contributed by atoms with Crippen LogP contribution >= 0.6 is 22.6 Å². The van der Waals surface area contributed by atoms with E-state index in [1.54, 1.807) is 22.6 Å². The maximum Gasteiger partial charge on any atom is 0.267 e. The van der Waals surface area contributed by atoms with Gasteiger partial charge in [-0.25, -0.2) is 13.8 Å². The third kappa shape index (κ3) is 2.11. The van der Waals surface area contributed by atoms with Crippen molar-refractivity contribution in [3.05, 3.63) is 21.0 Å². The van der Waals surface area contributed by atoms with E-state index in [1.165, 1.54) is 0 Å². The average Bonchev–Trinajstić information content (AvgIpc) is 2.09. The molecule has 6 heteroatoms. The van der Waals surface area contributed by atoms with Crippen molar-refractivity contribution in [2.75, 3.05) is 0 Å². The smallest absolute Gasteiger partial charge is 0.267 e. The number of aldehydes is 1. The third-order valence-corrected chi connectivity index (χ3v) is 2.11. The van der Waals surface area contributed by atoms with E-state index in [9.17, 15) is 13.6 Å². The number of hydrogen-bond acceptors (Lipinski definition) is 3. The number of halogens is 3. The summed E-state index contributed by atoms with van der Waals surface area (Å²) in [5.41, 5.74) is -0.681. The Morgan fingerprint density at radius 2 is 2.23 bits per heavy atom. The van der Waals surface area contributed by atoms with Crippen LogP contribution in [0.3, 0.4) is 0 Å². The van der Waals surface area contributed by atoms with E-state index in [0.717, 1.165) is 6.07 Å². The van der Waals surface area contributed by atoms with Crippen molar-refractivity contribution < 1.29 is 18.7 Å². The first-order chi connectivity index (χ1) is 6.06. The van der Waals surface area contributed by atoms with Gasteiger partial charge in [-0.05, 0) is 28.7 Å². The summed E-state index contributed by atoms with van der Waals surface area (Å²) in [5.74, 6) is -0.568. The average molecular weight is 299 g/mol. The van der Waals surface area contributed by atoms with Crippen molar-refractivity contribution in [1.82, 2.24) is 4.98 Å². The summed E-state index contributed by atoms with van der Waals surface area (Å²) in [5, 5.41) is 9.12. The largest absolute Gasteiger partial charge is 0.505 e. The molecule has 0 atom stereocenters. The molecule has 1 heterocycles. The predicted molar refractivity (Wildman–Crippen MR) is 49.0 cm³/mol. The van der Waals surface area contributed by atoms with Crippen LogP contribution in [0.2, 0.25) is 0 Å². The standard InChI is InChI=1S/C7H4F2INO2/c8-6(9)4-1-3(2-12)11-7(10)5(4)13/h1-2,6,13H. The summed E-state index contributed by atoms with van der Waals surface area (Å²) in [7, 11) is 0. The molecule has 1 aromatic heterocycles. The molecule has 0 fully saturated rings. The van der Waals surface area contributed by atoms with Crippen LogP contribution in [-0.4, -0.2) is 16.4 Å². The summed E-state index contributed by atoms with van der Waals surface area (Å²) in [6, 6.07) is 0.870. The lowest BCUT2D eigenvalue weighted by Gasteiger charge is -2.04. The molecule has 0 aliphatic rings. The van der Waals surface area contributed by atoms with Gasteiger partial charge in [0.05, 0.1) is 5.56 Å². The van der Waals surface area contributed by atoms with Crippen LogP contribution in [0.25, 0.3) is 0 Å². The highest BCUT2D eigenvalue weighted by Crippen LogP contribution is 2.31. The molecule has 3 nitrogen and oxygen atoms in total. The van der Waals surface area contributed by atoms with Crippen LogP contribution in [0.5, 0.6) is 5.75 Å². The summed E-state index contributed by atoms with van der Waals surface area (Å²) in [6.45, 7) is 0. The number of carbonyl (C=O) groups excluding carboxylic acids is 1. The third-order valence-electron chi connectivity index (χ3n) is 1.36. The minimum atomic E-state index is -2.81. The van der Waals surface area contributed by atoms with Crippen LogP contribution in [0.15, 0.2) is 6.07 Å². The van der Waals surface area contributed by atoms with E-state index >= 15 is 0 Å². The molecule has 0 aliphatic carbocycles. The van der Waals surface area contributed by atoms with Gasteiger partial charge in [-0.3, -0.25) is 4.79 Å². The van der Waals surface area contributed by atoms with E-state index in [2.05, 4.69) is 4.98 Å². The van der Waals surface area contributed by atoms with Crippen molar-refractivity contribution in [3.8, 4) is 5.75 Å². The minimum Gasteiger partial charge on any atom is -0.505 e. The molecule has 0 spiro atoms. The van der Waals surface area contributed by atoms with Crippen LogP contribution in [0.4, 0.5) is 8.78 Å². The Morgan fingerprint density at radius 3 is 2.69 bits per heavy atom. The van der Waals surface area contributed by atoms with Crippen molar-refractivity contribution in [3.63, 3.8) is 0 Å². The Morgan fingerprint density at radius 1 is 1.62 bits per heavy atom. The summed E-state index contributed by atoms with van der Waals surface area (Å²) in [6.07, 6.45) is -2.46. The number of hydrogen-bond donors (Lipinski definition) is 1. The maximum absolute atomic E-state index is 12.2. The first-order valence-corrected chi connectivity index (χ1v) is 4.27. The maximum atomic E-state index is 12.2. The molecule has 0 saturated carbocycles. The van der Waals surface area contributed by atoms with Crippen LogP contribution in [-0.2, 0) is 0 Å². The number of alkyl halides is 2. The van der Waals surface area contributed by atoms with Gasteiger partial charge in [0.15, 0.2) is 12.0 Å². The van der Waals surface area contributed by atoms with Gasteiger partial charge < -0.3 is 5.11 Å². The molecule has 0 saturated heterocycles. The molecule has 0 amide bonds. The number of aromatic nitrogens is 1. The Hall–Kier alpha value is -0.790. The van der Waals surface area contributed by atoms with Crippen molar-refractivity contribution in [2.24, 2.45) is 0 Å². The lowest BCUT2D eigenvalue weighted by molar-refractivity contribution is 0.111. The molecular weight excluding hydrogens is 295 g/mol. The Balaban J connectivity index is 3.32. The number of carbonyl (C=O) groups is 1. The second kappa shape index (κ2) is 3.95. The van der Waals surface area contributed by atoms with Crippen molar-refractivity contribution >= 4 is 28.9 Å². The Bertz CT molecular complexity index is 344. The van der Waals surface area contributed by atoms with Gasteiger partial charge in [-0.15, -0.1) is 0 Å². The molecule has 1 rings (SSSR count). The van der Waals surface area contributed by atoms with Gasteiger partial charge in [-0.1, -0.05) is 0 Å². The predicted octanol–water partition coefficient (Wildman–Crippen LogP) is 2.14. The fourth-order valence-electron chi connectivity index (χ4n) is 0.772. The molecule has 0 bridgehead atoms. The molecule has 70 valence electrons. The van der Waals surface area contributed by atoms with Gasteiger partial charge in [0.2, 0.25) is 0 Å². The van der Waals surface area contributed by atoms with Crippen LogP contribution < -0.4 is 0 Å². The highest BCUT2D eigenvalue weighted by atomic mass is 127. The van der Waals surface area contributed by atoms with Gasteiger partial charge in [0, 0.05) is 0 Å². The van der Waals surface area contributed by atoms with E-state index in [4.69, 9.17) is 5.11 Å². The molecule has 0 radical (unpaired) electrons. The highest BCUT2D eigenvalue weighted by Gasteiger charge is 2.17. The van der Waals surface area contributed by atoms with Gasteiger partial charge >= 0.3 is 0 Å². The zero-order valence-corrected chi connectivity index (χ0v) is 8.33.